The summed E-state index contributed by atoms with van der Waals surface area (Å²) in [5.41, 5.74) is 2.15. The molecule has 0 saturated carbocycles. The Hall–Kier alpha value is -3.48. The van der Waals surface area contributed by atoms with E-state index in [2.05, 4.69) is 9.98 Å². The highest BCUT2D eigenvalue weighted by atomic mass is 16.6. The third kappa shape index (κ3) is 3.55. The molecule has 0 unspecified atom stereocenters. The van der Waals surface area contributed by atoms with Crippen molar-refractivity contribution in [1.29, 1.82) is 0 Å². The molecule has 1 aromatic heterocycles. The van der Waals surface area contributed by atoms with Crippen LogP contribution in [0.15, 0.2) is 59.7 Å². The van der Waals surface area contributed by atoms with Gasteiger partial charge in [-0.25, -0.2) is 0 Å². The number of hydrogen-bond acceptors (Lipinski definition) is 4. The van der Waals surface area contributed by atoms with Crippen LogP contribution in [-0.4, -0.2) is 28.8 Å². The monoisotopic (exact) mass is 337 g/mol. The number of benzene rings is 2. The zero-order valence-electron chi connectivity index (χ0n) is 13.4. The molecule has 0 radical (unpaired) electrons. The second-order valence-electron chi connectivity index (χ2n) is 5.36. The zero-order valence-corrected chi connectivity index (χ0v) is 13.4. The first kappa shape index (κ1) is 16.4. The second-order valence-corrected chi connectivity index (χ2v) is 5.36. The molecule has 0 aliphatic carbocycles. The number of carbonyl (C=O) groups excluding carboxylic acids is 1. The third-order valence-electron chi connectivity index (χ3n) is 3.80. The van der Waals surface area contributed by atoms with Gasteiger partial charge in [-0.2, -0.15) is 4.99 Å². The number of nitro benzene ring substituents is 1. The first-order valence-corrected chi connectivity index (χ1v) is 7.54. The fourth-order valence-corrected chi connectivity index (χ4v) is 2.50. The van der Waals surface area contributed by atoms with Crippen molar-refractivity contribution in [3.63, 3.8) is 0 Å². The summed E-state index contributed by atoms with van der Waals surface area (Å²) < 4.78 is 5.23. The maximum absolute atomic E-state index is 12.2. The number of nitrogens with one attached hydrogen (secondary N) is 1. The van der Waals surface area contributed by atoms with E-state index in [-0.39, 0.29) is 17.1 Å². The number of aromatic amines is 1. The zero-order chi connectivity index (χ0) is 17.8. The second kappa shape index (κ2) is 6.96. The minimum absolute atomic E-state index is 0.0775. The van der Waals surface area contributed by atoms with Gasteiger partial charge in [0, 0.05) is 34.8 Å². The number of H-pyrrole nitrogens is 1. The number of fused-ring (bicyclic) bond motifs is 1. The predicted octanol–water partition coefficient (Wildman–Crippen LogP) is 3.50. The third-order valence-corrected chi connectivity index (χ3v) is 3.80. The minimum Gasteiger partial charge on any atom is -0.484 e. The molecule has 2 aromatic carbocycles. The Kier molecular flexibility index (Phi) is 4.56. The number of methoxy groups -OCH3 is 1. The van der Waals surface area contributed by atoms with Gasteiger partial charge in [-0.1, -0.05) is 18.2 Å². The van der Waals surface area contributed by atoms with Crippen molar-refractivity contribution in [1.82, 2.24) is 4.98 Å². The number of nitrogens with zero attached hydrogens (tertiary/aromatic N) is 2. The number of para-hydroxylation sites is 1. The number of aliphatic imine (C=N–C) groups is 1. The Morgan fingerprint density at radius 1 is 1.20 bits per heavy atom. The number of amides is 1. The van der Waals surface area contributed by atoms with Crippen molar-refractivity contribution in [3.8, 4) is 0 Å². The largest absolute Gasteiger partial charge is 0.484 e. The lowest BCUT2D eigenvalue weighted by Gasteiger charge is -2.04. The van der Waals surface area contributed by atoms with E-state index in [4.69, 9.17) is 4.74 Å². The van der Waals surface area contributed by atoms with Gasteiger partial charge in [-0.3, -0.25) is 14.9 Å². The van der Waals surface area contributed by atoms with Gasteiger partial charge in [0.25, 0.3) is 11.6 Å². The Morgan fingerprint density at radius 2 is 1.92 bits per heavy atom. The summed E-state index contributed by atoms with van der Waals surface area (Å²) >= 11 is 0. The van der Waals surface area contributed by atoms with Gasteiger partial charge in [0.05, 0.1) is 18.5 Å². The number of non-ortho nitro benzene ring substituents is 1. The van der Waals surface area contributed by atoms with E-state index in [1.165, 1.54) is 31.4 Å². The Labute approximate surface area is 143 Å². The molecule has 126 valence electrons. The fourth-order valence-electron chi connectivity index (χ4n) is 2.50. The molecule has 1 N–H and O–H groups in total. The predicted molar refractivity (Wildman–Crippen MR) is 93.9 cm³/mol. The van der Waals surface area contributed by atoms with Gasteiger partial charge in [-0.05, 0) is 23.8 Å². The molecular weight excluding hydrogens is 322 g/mol. The van der Waals surface area contributed by atoms with E-state index >= 15 is 0 Å². The molecule has 0 fully saturated rings. The quantitative estimate of drug-likeness (QED) is 0.341. The first-order chi connectivity index (χ1) is 12.1. The summed E-state index contributed by atoms with van der Waals surface area (Å²) in [6, 6.07) is 13.1. The molecular formula is C18H15N3O4. The highest BCUT2D eigenvalue weighted by Crippen LogP contribution is 2.19. The number of nitro groups is 1. The van der Waals surface area contributed by atoms with Gasteiger partial charge in [0.1, 0.15) is 0 Å². The van der Waals surface area contributed by atoms with Crippen LogP contribution in [0, 0.1) is 10.1 Å². The van der Waals surface area contributed by atoms with E-state index in [0.29, 0.717) is 6.42 Å². The Balaban J connectivity index is 1.82. The van der Waals surface area contributed by atoms with E-state index in [9.17, 15) is 14.9 Å². The van der Waals surface area contributed by atoms with E-state index in [1.54, 1.807) is 0 Å². The van der Waals surface area contributed by atoms with Crippen molar-refractivity contribution in [2.45, 2.75) is 6.42 Å². The van der Waals surface area contributed by atoms with Gasteiger partial charge >= 0.3 is 0 Å². The molecule has 25 heavy (non-hydrogen) atoms. The van der Waals surface area contributed by atoms with E-state index in [1.807, 2.05) is 30.5 Å². The van der Waals surface area contributed by atoms with Gasteiger partial charge in [0.15, 0.2) is 5.90 Å². The van der Waals surface area contributed by atoms with Crippen molar-refractivity contribution in [3.05, 3.63) is 76.0 Å². The van der Waals surface area contributed by atoms with Crippen LogP contribution >= 0.6 is 0 Å². The lowest BCUT2D eigenvalue weighted by atomic mass is 10.1. The van der Waals surface area contributed by atoms with Crippen LogP contribution in [0.4, 0.5) is 5.69 Å². The van der Waals surface area contributed by atoms with E-state index in [0.717, 1.165) is 16.5 Å². The molecule has 1 heterocycles. The molecule has 0 spiro atoms. The van der Waals surface area contributed by atoms with Gasteiger partial charge in [-0.15, -0.1) is 0 Å². The summed E-state index contributed by atoms with van der Waals surface area (Å²) in [7, 11) is 1.46. The maximum atomic E-state index is 12.2. The topological polar surface area (TPSA) is 97.6 Å². The molecule has 7 heteroatoms. The maximum Gasteiger partial charge on any atom is 0.279 e. The van der Waals surface area contributed by atoms with Crippen molar-refractivity contribution in [2.24, 2.45) is 4.99 Å². The molecule has 0 atom stereocenters. The van der Waals surface area contributed by atoms with Gasteiger partial charge in [0.2, 0.25) is 0 Å². The molecule has 1 amide bonds. The lowest BCUT2D eigenvalue weighted by Crippen LogP contribution is -2.09. The normalized spacial score (nSPS) is 11.5. The molecule has 3 rings (SSSR count). The van der Waals surface area contributed by atoms with Crippen molar-refractivity contribution in [2.75, 3.05) is 7.11 Å². The SMILES string of the molecule is COC(Cc1c[nH]c2ccccc12)=NC(=O)c1ccc([N+](=O)[O-])cc1. The number of aromatic nitrogens is 1. The number of rotatable bonds is 4. The van der Waals surface area contributed by atoms with Crippen LogP contribution in [0.3, 0.4) is 0 Å². The van der Waals surface area contributed by atoms with Gasteiger partial charge < -0.3 is 9.72 Å². The van der Waals surface area contributed by atoms with Crippen LogP contribution < -0.4 is 0 Å². The number of ether oxygens (including phenoxy) is 1. The summed E-state index contributed by atoms with van der Waals surface area (Å²) in [5.74, 6) is -0.236. The molecule has 0 aliphatic heterocycles. The van der Waals surface area contributed by atoms with Crippen molar-refractivity contribution < 1.29 is 14.5 Å². The molecule has 3 aromatic rings. The molecule has 0 bridgehead atoms. The first-order valence-electron chi connectivity index (χ1n) is 7.54. The number of carbonyl (C=O) groups is 1. The highest BCUT2D eigenvalue weighted by Gasteiger charge is 2.12. The summed E-state index contributed by atoms with van der Waals surface area (Å²) in [6.45, 7) is 0. The van der Waals surface area contributed by atoms with E-state index < -0.39 is 10.8 Å². The average molecular weight is 337 g/mol. The highest BCUT2D eigenvalue weighted by molar-refractivity contribution is 6.03. The molecule has 0 aliphatic rings. The smallest absolute Gasteiger partial charge is 0.279 e. The van der Waals surface area contributed by atoms with Crippen LogP contribution in [0.25, 0.3) is 10.9 Å². The summed E-state index contributed by atoms with van der Waals surface area (Å²) in [6.07, 6.45) is 2.22. The summed E-state index contributed by atoms with van der Waals surface area (Å²) in [4.78, 5) is 29.5. The van der Waals surface area contributed by atoms with Crippen LogP contribution in [-0.2, 0) is 11.2 Å². The molecule has 0 saturated heterocycles. The average Bonchev–Trinajstić information content (AvgIpc) is 3.04. The standard InChI is InChI=1S/C18H15N3O4/c1-25-17(10-13-11-19-16-5-3-2-4-15(13)16)20-18(22)12-6-8-14(9-7-12)21(23)24/h2-9,11,19H,10H2,1H3. The number of hydrogen-bond donors (Lipinski definition) is 1. The Morgan fingerprint density at radius 3 is 2.60 bits per heavy atom. The molecule has 7 nitrogen and oxygen atoms in total. The minimum atomic E-state index is -0.519. The van der Waals surface area contributed by atoms with Crippen LogP contribution in [0.1, 0.15) is 15.9 Å². The van der Waals surface area contributed by atoms with Crippen LogP contribution in [0.5, 0.6) is 0 Å². The fraction of sp³-hybridized carbons (Fsp3) is 0.111. The summed E-state index contributed by atoms with van der Waals surface area (Å²) in [5, 5.41) is 11.7. The lowest BCUT2D eigenvalue weighted by molar-refractivity contribution is -0.384. The van der Waals surface area contributed by atoms with Crippen LogP contribution in [0.2, 0.25) is 0 Å². The van der Waals surface area contributed by atoms with Crippen molar-refractivity contribution >= 4 is 28.4 Å². The Bertz CT molecular complexity index is 958.